The van der Waals surface area contributed by atoms with Crippen molar-refractivity contribution in [3.8, 4) is 0 Å². The molecule has 0 amide bonds. The van der Waals surface area contributed by atoms with Crippen LogP contribution in [-0.4, -0.2) is 68.7 Å². The van der Waals surface area contributed by atoms with Gasteiger partial charge in [-0.25, -0.2) is 0 Å². The second kappa shape index (κ2) is 12.9. The second-order valence-electron chi connectivity index (χ2n) is 6.54. The second-order valence-corrected chi connectivity index (χ2v) is 7.32. The van der Waals surface area contributed by atoms with Gasteiger partial charge in [-0.05, 0) is 48.8 Å². The number of aliphatic imine (C=N–C) groups is 1. The van der Waals surface area contributed by atoms with E-state index in [-0.39, 0.29) is 24.0 Å². The lowest BCUT2D eigenvalue weighted by molar-refractivity contribution is 0.157. The van der Waals surface area contributed by atoms with Crippen molar-refractivity contribution in [1.82, 2.24) is 15.1 Å². The average molecular weight is 494 g/mol. The molecule has 0 bridgehead atoms. The van der Waals surface area contributed by atoms with Crippen LogP contribution in [0.2, 0.25) is 0 Å². The number of nitrogens with zero attached hydrogens (tertiary/aromatic N) is 3. The molecule has 7 heteroatoms. The molecule has 150 valence electrons. The van der Waals surface area contributed by atoms with Crippen LogP contribution in [0.4, 0.5) is 0 Å². The normalized spacial score (nSPS) is 18.9. The summed E-state index contributed by atoms with van der Waals surface area (Å²) < 4.78 is 5.33. The highest BCUT2D eigenvalue weighted by molar-refractivity contribution is 14.0. The number of rotatable bonds is 9. The first kappa shape index (κ1) is 23.7. The maximum absolute atomic E-state index is 5.33. The number of guanidine groups is 1. The molecule has 2 unspecified atom stereocenters. The molecule has 1 aliphatic heterocycles. The lowest BCUT2D eigenvalue weighted by Gasteiger charge is -2.29. The highest BCUT2D eigenvalue weighted by atomic mass is 127. The molecule has 1 aromatic rings. The van der Waals surface area contributed by atoms with Crippen molar-refractivity contribution >= 4 is 41.3 Å². The monoisotopic (exact) mass is 494 g/mol. The van der Waals surface area contributed by atoms with Gasteiger partial charge in [0.15, 0.2) is 5.96 Å². The number of hydrogen-bond donors (Lipinski definition) is 1. The van der Waals surface area contributed by atoms with Crippen molar-refractivity contribution in [2.45, 2.75) is 33.2 Å². The first-order chi connectivity index (χ1) is 12.2. The van der Waals surface area contributed by atoms with Crippen LogP contribution in [0.15, 0.2) is 21.8 Å². The van der Waals surface area contributed by atoms with Gasteiger partial charge < -0.3 is 15.0 Å². The highest BCUT2D eigenvalue weighted by Gasteiger charge is 2.25. The van der Waals surface area contributed by atoms with Crippen molar-refractivity contribution in [2.24, 2.45) is 10.9 Å². The zero-order valence-electron chi connectivity index (χ0n) is 16.6. The van der Waals surface area contributed by atoms with Gasteiger partial charge in [0.05, 0.1) is 19.2 Å². The lowest BCUT2D eigenvalue weighted by Crippen LogP contribution is -2.41. The molecule has 2 heterocycles. The summed E-state index contributed by atoms with van der Waals surface area (Å²) in [5, 5.41) is 7.91. The summed E-state index contributed by atoms with van der Waals surface area (Å²) in [7, 11) is 1.79. The standard InChI is InChI=1S/C19H34N4OS.HI/c1-5-20-19(23-10-8-16(13-23)14-24-4)21-12-18(22(6-2)7-3)17-9-11-25-15-17;/h9,11,15-16,18H,5-8,10,12-14H2,1-4H3,(H,20,21);1H. The Kier molecular flexibility index (Phi) is 11.7. The number of thiophene rings is 1. The smallest absolute Gasteiger partial charge is 0.193 e. The van der Waals surface area contributed by atoms with Gasteiger partial charge in [0, 0.05) is 32.7 Å². The van der Waals surface area contributed by atoms with Crippen LogP contribution in [0, 0.1) is 5.92 Å². The molecular weight excluding hydrogens is 459 g/mol. The predicted molar refractivity (Wildman–Crippen MR) is 123 cm³/mol. The van der Waals surface area contributed by atoms with Crippen molar-refractivity contribution in [3.05, 3.63) is 22.4 Å². The van der Waals surface area contributed by atoms with Gasteiger partial charge in [-0.15, -0.1) is 24.0 Å². The number of methoxy groups -OCH3 is 1. The fraction of sp³-hybridized carbons (Fsp3) is 0.737. The SMILES string of the molecule is CCNC(=NCC(c1ccsc1)N(CC)CC)N1CCC(COC)C1.I. The van der Waals surface area contributed by atoms with E-state index in [0.717, 1.165) is 51.8 Å². The Labute approximate surface area is 180 Å². The molecule has 0 radical (unpaired) electrons. The van der Waals surface area contributed by atoms with E-state index in [1.165, 1.54) is 12.0 Å². The molecule has 26 heavy (non-hydrogen) atoms. The quantitative estimate of drug-likeness (QED) is 0.323. The summed E-state index contributed by atoms with van der Waals surface area (Å²) in [6.45, 7) is 13.3. The number of likely N-dealkylation sites (N-methyl/N-ethyl adjacent to an activating group) is 1. The third-order valence-electron chi connectivity index (χ3n) is 4.92. The molecule has 0 saturated carbocycles. The highest BCUT2D eigenvalue weighted by Crippen LogP contribution is 2.24. The number of nitrogens with one attached hydrogen (secondary N) is 1. The molecular formula is C19H35IN4OS. The Morgan fingerprint density at radius 3 is 2.77 bits per heavy atom. The molecule has 2 rings (SSSR count). The fourth-order valence-electron chi connectivity index (χ4n) is 3.56. The average Bonchev–Trinajstić information content (AvgIpc) is 3.30. The molecule has 0 aromatic carbocycles. The van der Waals surface area contributed by atoms with Crippen LogP contribution < -0.4 is 5.32 Å². The zero-order valence-corrected chi connectivity index (χ0v) is 19.8. The van der Waals surface area contributed by atoms with Crippen LogP contribution in [0.25, 0.3) is 0 Å². The Balaban J connectivity index is 0.00000338. The van der Waals surface area contributed by atoms with E-state index in [9.17, 15) is 0 Å². The van der Waals surface area contributed by atoms with Crippen LogP contribution in [0.5, 0.6) is 0 Å². The maximum Gasteiger partial charge on any atom is 0.193 e. The third-order valence-corrected chi connectivity index (χ3v) is 5.62. The van der Waals surface area contributed by atoms with Crippen molar-refractivity contribution in [1.29, 1.82) is 0 Å². The summed E-state index contributed by atoms with van der Waals surface area (Å²) >= 11 is 1.77. The van der Waals surface area contributed by atoms with Gasteiger partial charge in [0.25, 0.3) is 0 Å². The third kappa shape index (κ3) is 6.65. The van der Waals surface area contributed by atoms with E-state index in [1.54, 1.807) is 18.4 Å². The van der Waals surface area contributed by atoms with Crippen molar-refractivity contribution in [2.75, 3.05) is 53.0 Å². The molecule has 1 fully saturated rings. The number of likely N-dealkylation sites (tertiary alicyclic amines) is 1. The van der Waals surface area contributed by atoms with Crippen LogP contribution >= 0.6 is 35.3 Å². The molecule has 1 N–H and O–H groups in total. The van der Waals surface area contributed by atoms with E-state index in [0.29, 0.717) is 12.0 Å². The van der Waals surface area contributed by atoms with E-state index in [4.69, 9.17) is 9.73 Å². The predicted octanol–water partition coefficient (Wildman–Crippen LogP) is 3.68. The van der Waals surface area contributed by atoms with Crippen molar-refractivity contribution in [3.63, 3.8) is 0 Å². The zero-order chi connectivity index (χ0) is 18.1. The van der Waals surface area contributed by atoms with Crippen LogP contribution in [-0.2, 0) is 4.74 Å². The molecule has 0 aliphatic carbocycles. The van der Waals surface area contributed by atoms with Gasteiger partial charge in [-0.2, -0.15) is 11.3 Å². The van der Waals surface area contributed by atoms with E-state index < -0.39 is 0 Å². The Hall–Kier alpha value is -0.380. The van der Waals surface area contributed by atoms with Crippen LogP contribution in [0.3, 0.4) is 0 Å². The fourth-order valence-corrected chi connectivity index (χ4v) is 4.26. The largest absolute Gasteiger partial charge is 0.384 e. The van der Waals surface area contributed by atoms with Gasteiger partial charge in [0.2, 0.25) is 0 Å². The molecule has 2 atom stereocenters. The Bertz CT molecular complexity index is 508. The van der Waals surface area contributed by atoms with Crippen molar-refractivity contribution < 1.29 is 4.74 Å². The van der Waals surface area contributed by atoms with E-state index >= 15 is 0 Å². The van der Waals surface area contributed by atoms with Gasteiger partial charge in [-0.1, -0.05) is 13.8 Å². The van der Waals surface area contributed by atoms with E-state index in [1.807, 2.05) is 0 Å². The molecule has 1 saturated heterocycles. The summed E-state index contributed by atoms with van der Waals surface area (Å²) in [5.41, 5.74) is 1.38. The van der Waals surface area contributed by atoms with E-state index in [2.05, 4.69) is 52.7 Å². The minimum absolute atomic E-state index is 0. The molecule has 5 nitrogen and oxygen atoms in total. The van der Waals surface area contributed by atoms with Crippen LogP contribution in [0.1, 0.15) is 38.8 Å². The Morgan fingerprint density at radius 1 is 1.42 bits per heavy atom. The number of hydrogen-bond acceptors (Lipinski definition) is 4. The maximum atomic E-state index is 5.33. The minimum atomic E-state index is 0. The molecule has 0 spiro atoms. The molecule has 1 aromatic heterocycles. The first-order valence-electron chi connectivity index (χ1n) is 9.51. The number of halogens is 1. The summed E-state index contributed by atoms with van der Waals surface area (Å²) in [5.74, 6) is 1.66. The minimum Gasteiger partial charge on any atom is -0.384 e. The topological polar surface area (TPSA) is 40.1 Å². The number of ether oxygens (including phenoxy) is 1. The van der Waals surface area contributed by atoms with Gasteiger partial charge in [0.1, 0.15) is 0 Å². The van der Waals surface area contributed by atoms with Gasteiger partial charge >= 0.3 is 0 Å². The lowest BCUT2D eigenvalue weighted by atomic mass is 10.1. The molecule has 1 aliphatic rings. The summed E-state index contributed by atoms with van der Waals surface area (Å²) in [6.07, 6.45) is 1.18. The van der Waals surface area contributed by atoms with Gasteiger partial charge in [-0.3, -0.25) is 9.89 Å². The first-order valence-corrected chi connectivity index (χ1v) is 10.5. The summed E-state index contributed by atoms with van der Waals surface area (Å²) in [4.78, 5) is 9.90. The summed E-state index contributed by atoms with van der Waals surface area (Å²) in [6, 6.07) is 2.59. The Morgan fingerprint density at radius 2 is 2.19 bits per heavy atom.